The predicted octanol–water partition coefficient (Wildman–Crippen LogP) is 2.09. The zero-order valence-electron chi connectivity index (χ0n) is 13.6. The number of likely N-dealkylation sites (tertiary alicyclic amines) is 1. The van der Waals surface area contributed by atoms with Crippen molar-refractivity contribution in [3.8, 4) is 0 Å². The van der Waals surface area contributed by atoms with Crippen molar-refractivity contribution in [1.29, 1.82) is 0 Å². The topological polar surface area (TPSA) is 78.9 Å². The molecule has 0 spiro atoms. The maximum atomic E-state index is 12.4. The second kappa shape index (κ2) is 7.11. The SMILES string of the molecule is CCCC1(C(=O)O)CCCN(C(=O)NC(C)(C)COC)C1. The van der Waals surface area contributed by atoms with Crippen LogP contribution in [0.5, 0.6) is 0 Å². The summed E-state index contributed by atoms with van der Waals surface area (Å²) in [5.74, 6) is -0.794. The number of ether oxygens (including phenoxy) is 1. The van der Waals surface area contributed by atoms with Crippen LogP contribution in [-0.2, 0) is 9.53 Å². The van der Waals surface area contributed by atoms with E-state index in [0.717, 1.165) is 12.8 Å². The summed E-state index contributed by atoms with van der Waals surface area (Å²) < 4.78 is 5.09. The van der Waals surface area contributed by atoms with Crippen molar-refractivity contribution in [2.45, 2.75) is 52.0 Å². The van der Waals surface area contributed by atoms with Crippen LogP contribution in [0.1, 0.15) is 46.5 Å². The summed E-state index contributed by atoms with van der Waals surface area (Å²) in [6.07, 6.45) is 2.77. The predicted molar refractivity (Wildman–Crippen MR) is 80.3 cm³/mol. The van der Waals surface area contributed by atoms with E-state index in [1.54, 1.807) is 12.0 Å². The lowest BCUT2D eigenvalue weighted by Gasteiger charge is -2.41. The summed E-state index contributed by atoms with van der Waals surface area (Å²) in [6.45, 7) is 7.04. The highest BCUT2D eigenvalue weighted by Crippen LogP contribution is 2.35. The van der Waals surface area contributed by atoms with E-state index in [4.69, 9.17) is 4.74 Å². The molecule has 1 saturated heterocycles. The highest BCUT2D eigenvalue weighted by atomic mass is 16.5. The molecule has 2 amide bonds. The lowest BCUT2D eigenvalue weighted by Crippen LogP contribution is -2.57. The Kier molecular flexibility index (Phi) is 6.01. The van der Waals surface area contributed by atoms with Crippen LogP contribution >= 0.6 is 0 Å². The maximum absolute atomic E-state index is 12.4. The van der Waals surface area contributed by atoms with Gasteiger partial charge in [-0.15, -0.1) is 0 Å². The third-order valence-corrected chi connectivity index (χ3v) is 4.00. The molecule has 1 heterocycles. The molecule has 0 radical (unpaired) electrons. The Morgan fingerprint density at radius 2 is 2.10 bits per heavy atom. The van der Waals surface area contributed by atoms with Crippen LogP contribution in [0, 0.1) is 5.41 Å². The molecule has 21 heavy (non-hydrogen) atoms. The van der Waals surface area contributed by atoms with Gasteiger partial charge in [-0.3, -0.25) is 4.79 Å². The van der Waals surface area contributed by atoms with E-state index in [1.165, 1.54) is 0 Å². The van der Waals surface area contributed by atoms with Gasteiger partial charge in [0, 0.05) is 20.2 Å². The average molecular weight is 300 g/mol. The van der Waals surface area contributed by atoms with Gasteiger partial charge in [0.05, 0.1) is 17.6 Å². The zero-order valence-corrected chi connectivity index (χ0v) is 13.6. The van der Waals surface area contributed by atoms with Crippen LogP contribution in [-0.4, -0.2) is 54.4 Å². The molecule has 1 atom stereocenters. The molecule has 1 aliphatic rings. The first-order valence-electron chi connectivity index (χ1n) is 7.56. The lowest BCUT2D eigenvalue weighted by molar-refractivity contribution is -0.152. The van der Waals surface area contributed by atoms with Gasteiger partial charge >= 0.3 is 12.0 Å². The summed E-state index contributed by atoms with van der Waals surface area (Å²) >= 11 is 0. The minimum atomic E-state index is -0.796. The Bertz CT molecular complexity index is 380. The molecular formula is C15H28N2O4. The average Bonchev–Trinajstić information content (AvgIpc) is 2.38. The number of urea groups is 1. The van der Waals surface area contributed by atoms with Crippen molar-refractivity contribution >= 4 is 12.0 Å². The van der Waals surface area contributed by atoms with Crippen molar-refractivity contribution in [3.63, 3.8) is 0 Å². The zero-order chi connectivity index (χ0) is 16.1. The monoisotopic (exact) mass is 300 g/mol. The number of hydrogen-bond donors (Lipinski definition) is 2. The molecule has 0 aromatic rings. The number of carboxylic acids is 1. The number of nitrogens with one attached hydrogen (secondary N) is 1. The molecule has 6 heteroatoms. The van der Waals surface area contributed by atoms with Gasteiger partial charge in [0.1, 0.15) is 0 Å². The number of carbonyl (C=O) groups is 2. The molecular weight excluding hydrogens is 272 g/mol. The smallest absolute Gasteiger partial charge is 0.317 e. The Hall–Kier alpha value is -1.30. The van der Waals surface area contributed by atoms with Gasteiger partial charge in [0.25, 0.3) is 0 Å². The molecule has 2 N–H and O–H groups in total. The van der Waals surface area contributed by atoms with E-state index in [0.29, 0.717) is 26.0 Å². The number of nitrogens with zero attached hydrogens (tertiary/aromatic N) is 1. The van der Waals surface area contributed by atoms with E-state index in [1.807, 2.05) is 20.8 Å². The van der Waals surface area contributed by atoms with Crippen LogP contribution in [0.4, 0.5) is 4.79 Å². The molecule has 0 bridgehead atoms. The fourth-order valence-electron chi connectivity index (χ4n) is 3.03. The van der Waals surface area contributed by atoms with E-state index < -0.39 is 16.9 Å². The molecule has 0 aromatic heterocycles. The first-order valence-corrected chi connectivity index (χ1v) is 7.56. The van der Waals surface area contributed by atoms with E-state index in [-0.39, 0.29) is 12.6 Å². The number of carboxylic acid groups (broad SMARTS) is 1. The van der Waals surface area contributed by atoms with Crippen LogP contribution in [0.15, 0.2) is 0 Å². The molecule has 1 rings (SSSR count). The van der Waals surface area contributed by atoms with Gasteiger partial charge in [0.2, 0.25) is 0 Å². The Morgan fingerprint density at radius 1 is 1.43 bits per heavy atom. The third kappa shape index (κ3) is 4.59. The molecule has 0 aromatic carbocycles. The van der Waals surface area contributed by atoms with E-state index in [2.05, 4.69) is 5.32 Å². The Labute approximate surface area is 126 Å². The summed E-state index contributed by atoms with van der Waals surface area (Å²) in [7, 11) is 1.59. The standard InChI is InChI=1S/C15H28N2O4/c1-5-7-15(12(18)19)8-6-9-17(10-15)13(20)16-14(2,3)11-21-4/h5-11H2,1-4H3,(H,16,20)(H,18,19). The summed E-state index contributed by atoms with van der Waals surface area (Å²) in [6, 6.07) is -0.210. The van der Waals surface area contributed by atoms with E-state index in [9.17, 15) is 14.7 Å². The van der Waals surface area contributed by atoms with Crippen LogP contribution in [0.2, 0.25) is 0 Å². The normalized spacial score (nSPS) is 23.0. The number of aliphatic carboxylic acids is 1. The number of piperidine rings is 1. The number of amides is 2. The molecule has 6 nitrogen and oxygen atoms in total. The Morgan fingerprint density at radius 3 is 2.62 bits per heavy atom. The van der Waals surface area contributed by atoms with Gasteiger partial charge in [-0.25, -0.2) is 4.79 Å². The van der Waals surface area contributed by atoms with Crippen LogP contribution < -0.4 is 5.32 Å². The quantitative estimate of drug-likeness (QED) is 0.787. The number of methoxy groups -OCH3 is 1. The van der Waals surface area contributed by atoms with Crippen molar-refractivity contribution in [3.05, 3.63) is 0 Å². The maximum Gasteiger partial charge on any atom is 0.317 e. The first-order chi connectivity index (χ1) is 9.76. The second-order valence-corrected chi connectivity index (χ2v) is 6.61. The largest absolute Gasteiger partial charge is 0.481 e. The van der Waals surface area contributed by atoms with Gasteiger partial charge in [-0.2, -0.15) is 0 Å². The van der Waals surface area contributed by atoms with Gasteiger partial charge in [-0.1, -0.05) is 13.3 Å². The van der Waals surface area contributed by atoms with E-state index >= 15 is 0 Å². The number of rotatable bonds is 6. The van der Waals surface area contributed by atoms with Crippen molar-refractivity contribution in [1.82, 2.24) is 10.2 Å². The molecule has 1 fully saturated rings. The van der Waals surface area contributed by atoms with Crippen LogP contribution in [0.25, 0.3) is 0 Å². The highest BCUT2D eigenvalue weighted by molar-refractivity contribution is 5.79. The highest BCUT2D eigenvalue weighted by Gasteiger charge is 2.43. The van der Waals surface area contributed by atoms with Crippen molar-refractivity contribution in [2.75, 3.05) is 26.8 Å². The summed E-state index contributed by atoms with van der Waals surface area (Å²) in [4.78, 5) is 25.6. The molecule has 1 aliphatic heterocycles. The minimum Gasteiger partial charge on any atom is -0.481 e. The van der Waals surface area contributed by atoms with Crippen molar-refractivity contribution < 1.29 is 19.4 Å². The fraction of sp³-hybridized carbons (Fsp3) is 0.867. The molecule has 0 aliphatic carbocycles. The summed E-state index contributed by atoms with van der Waals surface area (Å²) in [5, 5.41) is 12.5. The summed E-state index contributed by atoms with van der Waals surface area (Å²) in [5.41, 5.74) is -1.27. The molecule has 0 saturated carbocycles. The molecule has 1 unspecified atom stereocenters. The third-order valence-electron chi connectivity index (χ3n) is 4.00. The first kappa shape index (κ1) is 17.8. The Balaban J connectivity index is 2.75. The van der Waals surface area contributed by atoms with Gasteiger partial charge in [0.15, 0.2) is 0 Å². The van der Waals surface area contributed by atoms with Crippen LogP contribution in [0.3, 0.4) is 0 Å². The number of carbonyl (C=O) groups excluding carboxylic acids is 1. The lowest BCUT2D eigenvalue weighted by atomic mass is 9.76. The second-order valence-electron chi connectivity index (χ2n) is 6.61. The van der Waals surface area contributed by atoms with Gasteiger partial charge in [-0.05, 0) is 33.1 Å². The minimum absolute atomic E-state index is 0.210. The number of hydrogen-bond acceptors (Lipinski definition) is 3. The van der Waals surface area contributed by atoms with Gasteiger partial charge < -0.3 is 20.1 Å². The fourth-order valence-corrected chi connectivity index (χ4v) is 3.03. The molecule has 122 valence electrons. The van der Waals surface area contributed by atoms with Crippen molar-refractivity contribution in [2.24, 2.45) is 5.41 Å².